The van der Waals surface area contributed by atoms with E-state index in [0.29, 0.717) is 22.5 Å². The van der Waals surface area contributed by atoms with E-state index in [1.54, 1.807) is 49.4 Å². The van der Waals surface area contributed by atoms with Gasteiger partial charge in [-0.1, -0.05) is 48.5 Å². The van der Waals surface area contributed by atoms with Crippen LogP contribution < -0.4 is 15.5 Å². The number of carbonyl (C=O) groups is 3. The summed E-state index contributed by atoms with van der Waals surface area (Å²) >= 11 is 6.01. The summed E-state index contributed by atoms with van der Waals surface area (Å²) in [5.41, 5.74) is 1.78. The minimum absolute atomic E-state index is 0.0131. The lowest BCUT2D eigenvalue weighted by molar-refractivity contribution is 0.0961. The summed E-state index contributed by atoms with van der Waals surface area (Å²) < 4.78 is 0. The first kappa shape index (κ1) is 23.8. The highest BCUT2D eigenvalue weighted by atomic mass is 35.5. The second-order valence-corrected chi connectivity index (χ2v) is 8.04. The predicted molar refractivity (Wildman–Crippen MR) is 137 cm³/mol. The van der Waals surface area contributed by atoms with Crippen LogP contribution in [0.4, 0.5) is 16.2 Å². The number of aromatic hydroxyl groups is 1. The van der Waals surface area contributed by atoms with Crippen molar-refractivity contribution in [1.82, 2.24) is 5.32 Å². The van der Waals surface area contributed by atoms with Crippen LogP contribution in [0.15, 0.2) is 84.9 Å². The van der Waals surface area contributed by atoms with Crippen LogP contribution in [-0.2, 0) is 0 Å². The highest BCUT2D eigenvalue weighted by Crippen LogP contribution is 2.30. The molecule has 3 N–H and O–H groups in total. The molecule has 0 saturated heterocycles. The monoisotopic (exact) mass is 487 g/mol. The van der Waals surface area contributed by atoms with Gasteiger partial charge in [0.1, 0.15) is 11.8 Å². The molecular weight excluding hydrogens is 466 g/mol. The van der Waals surface area contributed by atoms with Gasteiger partial charge in [-0.3, -0.25) is 19.8 Å². The third-order valence-corrected chi connectivity index (χ3v) is 5.79. The predicted octanol–water partition coefficient (Wildman–Crippen LogP) is 5.66. The van der Waals surface area contributed by atoms with E-state index in [2.05, 4.69) is 10.6 Å². The van der Waals surface area contributed by atoms with Gasteiger partial charge in [0.2, 0.25) is 0 Å². The fourth-order valence-electron chi connectivity index (χ4n) is 3.76. The Bertz CT molecular complexity index is 1420. The number of para-hydroxylation sites is 1. The number of halogens is 1. The maximum atomic E-state index is 13.0. The summed E-state index contributed by atoms with van der Waals surface area (Å²) in [6.07, 6.45) is 0. The van der Waals surface area contributed by atoms with Gasteiger partial charge in [0.15, 0.2) is 0 Å². The van der Waals surface area contributed by atoms with Crippen LogP contribution in [0.5, 0.6) is 5.75 Å². The Morgan fingerprint density at radius 1 is 0.914 bits per heavy atom. The first-order chi connectivity index (χ1) is 16.9. The van der Waals surface area contributed by atoms with E-state index in [1.807, 2.05) is 30.3 Å². The molecule has 0 radical (unpaired) electrons. The zero-order valence-electron chi connectivity index (χ0n) is 18.8. The van der Waals surface area contributed by atoms with Crippen molar-refractivity contribution >= 4 is 51.6 Å². The fourth-order valence-corrected chi connectivity index (χ4v) is 4.00. The average Bonchev–Trinajstić information content (AvgIpc) is 2.87. The van der Waals surface area contributed by atoms with Gasteiger partial charge in [-0.2, -0.15) is 0 Å². The SMILES string of the molecule is Cc1c(O)c(C(=O)NC(=O)Nc2cccc(C(=O)N(CCl)c3ccccc3)c2)cc2ccccc12. The van der Waals surface area contributed by atoms with E-state index in [0.717, 1.165) is 10.8 Å². The Balaban J connectivity index is 1.49. The van der Waals surface area contributed by atoms with Gasteiger partial charge in [-0.15, -0.1) is 11.6 Å². The lowest BCUT2D eigenvalue weighted by Crippen LogP contribution is -2.34. The van der Waals surface area contributed by atoms with Gasteiger partial charge in [-0.05, 0) is 59.7 Å². The molecule has 0 saturated carbocycles. The second kappa shape index (κ2) is 10.3. The van der Waals surface area contributed by atoms with Gasteiger partial charge in [0.05, 0.1) is 5.56 Å². The fraction of sp³-hybridized carbons (Fsp3) is 0.0741. The summed E-state index contributed by atoms with van der Waals surface area (Å²) in [5.74, 6) is -1.29. The molecule has 176 valence electrons. The number of phenolic OH excluding ortho intramolecular Hbond substituents is 1. The molecule has 0 atom stereocenters. The van der Waals surface area contributed by atoms with E-state index >= 15 is 0 Å². The van der Waals surface area contributed by atoms with Gasteiger partial charge in [0, 0.05) is 16.9 Å². The smallest absolute Gasteiger partial charge is 0.326 e. The molecule has 0 aliphatic rings. The number of rotatable bonds is 5. The standard InChI is InChI=1S/C27H22ClN3O4/c1-17-22-13-6-5-8-18(22)15-23(24(17)32)25(33)30-27(35)29-20-10-7-9-19(14-20)26(34)31(16-28)21-11-3-2-4-12-21/h2-15,32H,16H2,1H3,(H2,29,30,33,35). The molecular formula is C27H22ClN3O4. The van der Waals surface area contributed by atoms with Crippen LogP contribution >= 0.6 is 11.6 Å². The first-order valence-electron chi connectivity index (χ1n) is 10.8. The largest absolute Gasteiger partial charge is 0.507 e. The zero-order valence-corrected chi connectivity index (χ0v) is 19.5. The summed E-state index contributed by atoms with van der Waals surface area (Å²) in [5, 5.41) is 16.8. The third kappa shape index (κ3) is 5.10. The van der Waals surface area contributed by atoms with Crippen molar-refractivity contribution in [1.29, 1.82) is 0 Å². The number of nitrogens with one attached hydrogen (secondary N) is 2. The maximum absolute atomic E-state index is 13.0. The van der Waals surface area contributed by atoms with Crippen LogP contribution in [0.2, 0.25) is 0 Å². The minimum Gasteiger partial charge on any atom is -0.507 e. The molecule has 0 aliphatic heterocycles. The number of aryl methyl sites for hydroxylation is 1. The Hall–Kier alpha value is -4.36. The van der Waals surface area contributed by atoms with E-state index in [9.17, 15) is 19.5 Å². The minimum atomic E-state index is -0.804. The number of benzene rings is 4. The number of urea groups is 1. The normalized spacial score (nSPS) is 10.6. The van der Waals surface area contributed by atoms with Crippen molar-refractivity contribution in [3.05, 3.63) is 102 Å². The van der Waals surface area contributed by atoms with Crippen LogP contribution in [-0.4, -0.2) is 29.0 Å². The zero-order chi connectivity index (χ0) is 24.9. The number of nitrogens with zero attached hydrogens (tertiary/aromatic N) is 1. The molecule has 4 amide bonds. The molecule has 7 nitrogen and oxygen atoms in total. The molecule has 0 aliphatic carbocycles. The number of hydrogen-bond acceptors (Lipinski definition) is 4. The number of imide groups is 1. The van der Waals surface area contributed by atoms with Gasteiger partial charge < -0.3 is 10.4 Å². The Labute approximate surface area is 206 Å². The summed E-state index contributed by atoms with van der Waals surface area (Å²) in [6, 6.07) is 23.3. The second-order valence-electron chi connectivity index (χ2n) is 7.80. The maximum Gasteiger partial charge on any atom is 0.326 e. The van der Waals surface area contributed by atoms with Crippen molar-refractivity contribution < 1.29 is 19.5 Å². The molecule has 0 fully saturated rings. The van der Waals surface area contributed by atoms with Crippen LogP contribution in [0, 0.1) is 6.92 Å². The molecule has 8 heteroatoms. The van der Waals surface area contributed by atoms with Crippen molar-refractivity contribution in [2.45, 2.75) is 6.92 Å². The van der Waals surface area contributed by atoms with E-state index in [-0.39, 0.29) is 23.2 Å². The Morgan fingerprint density at radius 2 is 1.63 bits per heavy atom. The topological polar surface area (TPSA) is 98.7 Å². The first-order valence-corrected chi connectivity index (χ1v) is 11.3. The molecule has 4 aromatic carbocycles. The lowest BCUT2D eigenvalue weighted by Gasteiger charge is -2.20. The van der Waals surface area contributed by atoms with Gasteiger partial charge >= 0.3 is 6.03 Å². The van der Waals surface area contributed by atoms with E-state index in [4.69, 9.17) is 11.6 Å². The van der Waals surface area contributed by atoms with Crippen LogP contribution in [0.3, 0.4) is 0 Å². The number of fused-ring (bicyclic) bond motifs is 1. The van der Waals surface area contributed by atoms with Crippen molar-refractivity contribution in [2.24, 2.45) is 0 Å². The van der Waals surface area contributed by atoms with Gasteiger partial charge in [-0.25, -0.2) is 4.79 Å². The lowest BCUT2D eigenvalue weighted by atomic mass is 10.00. The van der Waals surface area contributed by atoms with Crippen LogP contribution in [0.1, 0.15) is 26.3 Å². The molecule has 0 heterocycles. The molecule has 4 rings (SSSR count). The number of hydrogen-bond donors (Lipinski definition) is 3. The highest BCUT2D eigenvalue weighted by molar-refractivity contribution is 6.23. The van der Waals surface area contributed by atoms with Gasteiger partial charge in [0.25, 0.3) is 11.8 Å². The molecule has 0 bridgehead atoms. The Morgan fingerprint density at radius 3 is 2.37 bits per heavy atom. The van der Waals surface area contributed by atoms with Crippen molar-refractivity contribution in [2.75, 3.05) is 16.2 Å². The van der Waals surface area contributed by atoms with E-state index in [1.165, 1.54) is 17.0 Å². The average molecular weight is 488 g/mol. The number of alkyl halides is 1. The highest BCUT2D eigenvalue weighted by Gasteiger charge is 2.20. The molecule has 35 heavy (non-hydrogen) atoms. The van der Waals surface area contributed by atoms with Crippen molar-refractivity contribution in [3.8, 4) is 5.75 Å². The quantitative estimate of drug-likeness (QED) is 0.250. The number of carbonyl (C=O) groups excluding carboxylic acids is 3. The molecule has 4 aromatic rings. The molecule has 0 aromatic heterocycles. The summed E-state index contributed by atoms with van der Waals surface area (Å²) in [4.78, 5) is 39.6. The van der Waals surface area contributed by atoms with Crippen molar-refractivity contribution in [3.63, 3.8) is 0 Å². The Kier molecular flexibility index (Phi) is 6.98. The number of amides is 4. The summed E-state index contributed by atoms with van der Waals surface area (Å²) in [6.45, 7) is 1.70. The van der Waals surface area contributed by atoms with Crippen LogP contribution in [0.25, 0.3) is 10.8 Å². The number of anilines is 2. The molecule has 0 unspecified atom stereocenters. The number of phenols is 1. The molecule has 0 spiro atoms. The van der Waals surface area contributed by atoms with E-state index < -0.39 is 11.9 Å². The third-order valence-electron chi connectivity index (χ3n) is 5.55. The summed E-state index contributed by atoms with van der Waals surface area (Å²) in [7, 11) is 0.